The van der Waals surface area contributed by atoms with Crippen LogP contribution in [0, 0.1) is 18.3 Å². The number of hydrogen-bond acceptors (Lipinski definition) is 4. The van der Waals surface area contributed by atoms with Gasteiger partial charge < -0.3 is 13.7 Å². The first-order valence-electron chi connectivity index (χ1n) is 9.31. The second-order valence-electron chi connectivity index (χ2n) is 6.73. The van der Waals surface area contributed by atoms with Gasteiger partial charge in [0.15, 0.2) is 0 Å². The lowest BCUT2D eigenvalue weighted by Gasteiger charge is -2.15. The molecule has 0 radical (unpaired) electrons. The number of nitriles is 1. The van der Waals surface area contributed by atoms with Crippen LogP contribution in [0.3, 0.4) is 0 Å². The molecule has 140 valence electrons. The van der Waals surface area contributed by atoms with Crippen molar-refractivity contribution in [3.63, 3.8) is 0 Å². The van der Waals surface area contributed by atoms with E-state index in [0.717, 1.165) is 41.6 Å². The number of fused-ring (bicyclic) bond motifs is 1. The highest BCUT2D eigenvalue weighted by Gasteiger charge is 2.16. The van der Waals surface area contributed by atoms with Crippen molar-refractivity contribution in [2.45, 2.75) is 46.1 Å². The summed E-state index contributed by atoms with van der Waals surface area (Å²) in [6.45, 7) is 4.86. The van der Waals surface area contributed by atoms with Gasteiger partial charge in [-0.15, -0.1) is 0 Å². The Bertz CT molecular complexity index is 1050. The van der Waals surface area contributed by atoms with Crippen LogP contribution in [0.25, 0.3) is 22.2 Å². The zero-order chi connectivity index (χ0) is 19.4. The molecule has 3 rings (SSSR count). The van der Waals surface area contributed by atoms with Crippen LogP contribution in [0.15, 0.2) is 39.5 Å². The van der Waals surface area contributed by atoms with Crippen molar-refractivity contribution in [1.29, 1.82) is 5.26 Å². The van der Waals surface area contributed by atoms with Crippen LogP contribution >= 0.6 is 0 Å². The predicted octanol–water partition coefficient (Wildman–Crippen LogP) is 5.03. The summed E-state index contributed by atoms with van der Waals surface area (Å²) < 4.78 is 12.9. The van der Waals surface area contributed by atoms with Gasteiger partial charge in [0.25, 0.3) is 0 Å². The number of nitrogens with zero attached hydrogens (tertiary/aromatic N) is 2. The van der Waals surface area contributed by atoms with Crippen LogP contribution in [0.5, 0.6) is 5.75 Å². The maximum Gasteiger partial charge on any atom is 0.336 e. The molecule has 0 aliphatic rings. The van der Waals surface area contributed by atoms with Crippen molar-refractivity contribution in [2.24, 2.45) is 0 Å². The van der Waals surface area contributed by atoms with Gasteiger partial charge in [0.05, 0.1) is 12.8 Å². The fourth-order valence-corrected chi connectivity index (χ4v) is 3.45. The lowest BCUT2D eigenvalue weighted by atomic mass is 10.0. The predicted molar refractivity (Wildman–Crippen MR) is 106 cm³/mol. The number of ether oxygens (including phenoxy) is 1. The Morgan fingerprint density at radius 1 is 1.19 bits per heavy atom. The number of methoxy groups -OCH3 is 1. The molecule has 0 aliphatic carbocycles. The van der Waals surface area contributed by atoms with E-state index in [1.807, 2.05) is 29.7 Å². The molecule has 1 aromatic carbocycles. The van der Waals surface area contributed by atoms with Gasteiger partial charge in [-0.1, -0.05) is 26.2 Å². The van der Waals surface area contributed by atoms with E-state index >= 15 is 0 Å². The maximum absolute atomic E-state index is 11.7. The summed E-state index contributed by atoms with van der Waals surface area (Å²) in [6, 6.07) is 11.3. The van der Waals surface area contributed by atoms with Crippen LogP contribution in [0.2, 0.25) is 0 Å². The minimum absolute atomic E-state index is 0.374. The quantitative estimate of drug-likeness (QED) is 0.435. The van der Waals surface area contributed by atoms with E-state index in [0.29, 0.717) is 17.0 Å². The molecule has 0 amide bonds. The minimum Gasteiger partial charge on any atom is -0.496 e. The van der Waals surface area contributed by atoms with Crippen LogP contribution in [-0.4, -0.2) is 11.7 Å². The molecule has 0 fully saturated rings. The van der Waals surface area contributed by atoms with Crippen molar-refractivity contribution in [1.82, 2.24) is 4.57 Å². The monoisotopic (exact) mass is 364 g/mol. The second kappa shape index (κ2) is 8.13. The van der Waals surface area contributed by atoms with Crippen LogP contribution < -0.4 is 10.4 Å². The van der Waals surface area contributed by atoms with Gasteiger partial charge >= 0.3 is 5.63 Å². The van der Waals surface area contributed by atoms with E-state index in [2.05, 4.69) is 13.0 Å². The molecule has 0 N–H and O–H groups in total. The molecule has 0 aliphatic heterocycles. The average molecular weight is 364 g/mol. The number of aromatic nitrogens is 1. The zero-order valence-electron chi connectivity index (χ0n) is 16.0. The molecule has 3 aromatic rings. The molecule has 0 saturated carbocycles. The number of benzene rings is 1. The highest BCUT2D eigenvalue weighted by Crippen LogP contribution is 2.36. The molecule has 2 heterocycles. The molecule has 0 spiro atoms. The summed E-state index contributed by atoms with van der Waals surface area (Å²) in [6.07, 6.45) is 4.52. The molecule has 0 saturated heterocycles. The van der Waals surface area contributed by atoms with E-state index in [1.165, 1.54) is 18.9 Å². The van der Waals surface area contributed by atoms with Gasteiger partial charge in [0.1, 0.15) is 23.1 Å². The Hall–Kier alpha value is -3.00. The molecule has 0 bridgehead atoms. The van der Waals surface area contributed by atoms with E-state index < -0.39 is 0 Å². The van der Waals surface area contributed by atoms with Crippen molar-refractivity contribution >= 4 is 11.0 Å². The Balaban J connectivity index is 2.13. The molecule has 5 heteroatoms. The highest BCUT2D eigenvalue weighted by atomic mass is 16.5. The average Bonchev–Trinajstić information content (AvgIpc) is 3.06. The summed E-state index contributed by atoms with van der Waals surface area (Å²) in [7, 11) is 1.60. The third-order valence-corrected chi connectivity index (χ3v) is 4.88. The third-order valence-electron chi connectivity index (χ3n) is 4.88. The number of hydrogen-bond donors (Lipinski definition) is 0. The number of rotatable bonds is 7. The molecule has 0 unspecified atom stereocenters. The summed E-state index contributed by atoms with van der Waals surface area (Å²) in [5.74, 6) is 0.619. The summed E-state index contributed by atoms with van der Waals surface area (Å²) >= 11 is 0. The van der Waals surface area contributed by atoms with Gasteiger partial charge in [-0.05, 0) is 37.1 Å². The molecule has 27 heavy (non-hydrogen) atoms. The van der Waals surface area contributed by atoms with Gasteiger partial charge in [0.2, 0.25) is 0 Å². The first kappa shape index (κ1) is 18.8. The Morgan fingerprint density at radius 2 is 2.00 bits per heavy atom. The fraction of sp³-hybridized carbons (Fsp3) is 0.364. The van der Waals surface area contributed by atoms with Crippen LogP contribution in [0.4, 0.5) is 0 Å². The lowest BCUT2D eigenvalue weighted by Crippen LogP contribution is -2.04. The van der Waals surface area contributed by atoms with Gasteiger partial charge in [-0.25, -0.2) is 4.79 Å². The minimum atomic E-state index is -0.374. The van der Waals surface area contributed by atoms with Crippen LogP contribution in [-0.2, 0) is 6.54 Å². The van der Waals surface area contributed by atoms with Gasteiger partial charge in [-0.2, -0.15) is 5.26 Å². The van der Waals surface area contributed by atoms with E-state index in [1.54, 1.807) is 13.2 Å². The fourth-order valence-electron chi connectivity index (χ4n) is 3.45. The summed E-state index contributed by atoms with van der Waals surface area (Å²) in [5.41, 5.74) is 3.45. The summed E-state index contributed by atoms with van der Waals surface area (Å²) in [4.78, 5) is 11.7. The number of aryl methyl sites for hydroxylation is 1. The van der Waals surface area contributed by atoms with E-state index in [9.17, 15) is 10.1 Å². The molecule has 2 aromatic heterocycles. The normalized spacial score (nSPS) is 10.9. The topological polar surface area (TPSA) is 68.2 Å². The molecule has 0 atom stereocenters. The third kappa shape index (κ3) is 3.75. The van der Waals surface area contributed by atoms with Gasteiger partial charge in [-0.3, -0.25) is 0 Å². The smallest absolute Gasteiger partial charge is 0.336 e. The van der Waals surface area contributed by atoms with Crippen molar-refractivity contribution in [3.8, 4) is 23.1 Å². The molecule has 5 nitrogen and oxygen atoms in total. The Kier molecular flexibility index (Phi) is 5.66. The first-order chi connectivity index (χ1) is 13.1. The second-order valence-corrected chi connectivity index (χ2v) is 6.73. The SMILES string of the molecule is CCCCCCn1c(C#N)ccc1-c1cc2c(C)cc(=O)oc2cc1OC. The Morgan fingerprint density at radius 3 is 2.70 bits per heavy atom. The van der Waals surface area contributed by atoms with Crippen molar-refractivity contribution in [3.05, 3.63) is 52.0 Å². The first-order valence-corrected chi connectivity index (χ1v) is 9.31. The van der Waals surface area contributed by atoms with Gasteiger partial charge in [0, 0.05) is 29.6 Å². The molecular weight excluding hydrogens is 340 g/mol. The molecular formula is C22H24N2O3. The standard InChI is InChI=1S/C22H24N2O3/c1-4-5-6-7-10-24-16(14-23)8-9-19(24)18-12-17-15(2)11-22(25)27-21(17)13-20(18)26-3/h8-9,11-13H,4-7,10H2,1-3H3. The number of unbranched alkanes of at least 4 members (excludes halogenated alkanes) is 3. The maximum atomic E-state index is 11.7. The lowest BCUT2D eigenvalue weighted by molar-refractivity contribution is 0.415. The van der Waals surface area contributed by atoms with Crippen molar-refractivity contribution < 1.29 is 9.15 Å². The largest absolute Gasteiger partial charge is 0.496 e. The van der Waals surface area contributed by atoms with E-state index in [4.69, 9.17) is 9.15 Å². The highest BCUT2D eigenvalue weighted by molar-refractivity contribution is 5.88. The zero-order valence-corrected chi connectivity index (χ0v) is 16.0. The van der Waals surface area contributed by atoms with Crippen molar-refractivity contribution in [2.75, 3.05) is 7.11 Å². The summed E-state index contributed by atoms with van der Waals surface area (Å²) in [5, 5.41) is 10.4. The van der Waals surface area contributed by atoms with Crippen LogP contribution in [0.1, 0.15) is 43.9 Å². The Labute approximate surface area is 158 Å². The van der Waals surface area contributed by atoms with E-state index in [-0.39, 0.29) is 5.63 Å².